The first kappa shape index (κ1) is 21.5. The SMILES string of the molecule is Cc1cc(-c2ccc(C(F)(F)F)cn2)ccc1O[C@H]1O[C@H](CO)[C@@H](O)[C@H](O)[C@@H]1O. The van der Waals surface area contributed by atoms with Crippen molar-refractivity contribution in [2.45, 2.75) is 43.8 Å². The van der Waals surface area contributed by atoms with Gasteiger partial charge in [0.1, 0.15) is 30.2 Å². The van der Waals surface area contributed by atoms with Gasteiger partial charge in [0, 0.05) is 11.8 Å². The summed E-state index contributed by atoms with van der Waals surface area (Å²) in [6, 6.07) is 6.92. The van der Waals surface area contributed by atoms with E-state index in [4.69, 9.17) is 9.47 Å². The molecule has 1 aromatic carbocycles. The molecule has 0 amide bonds. The summed E-state index contributed by atoms with van der Waals surface area (Å²) in [7, 11) is 0. The van der Waals surface area contributed by atoms with E-state index in [1.165, 1.54) is 12.1 Å². The average molecular weight is 415 g/mol. The molecule has 0 bridgehead atoms. The van der Waals surface area contributed by atoms with Crippen molar-refractivity contribution in [3.05, 3.63) is 47.7 Å². The fourth-order valence-corrected chi connectivity index (χ4v) is 2.96. The maximum atomic E-state index is 12.7. The van der Waals surface area contributed by atoms with Crippen LogP contribution in [-0.2, 0) is 10.9 Å². The quantitative estimate of drug-likeness (QED) is 0.595. The summed E-state index contributed by atoms with van der Waals surface area (Å²) in [5.74, 6) is 0.282. The van der Waals surface area contributed by atoms with Gasteiger partial charge in [0.05, 0.1) is 17.9 Å². The van der Waals surface area contributed by atoms with Gasteiger partial charge in [-0.1, -0.05) is 0 Å². The summed E-state index contributed by atoms with van der Waals surface area (Å²) < 4.78 is 48.9. The standard InChI is InChI=1S/C19H20F3NO6/c1-9-6-10(12-4-3-11(7-23-12)19(20,21)22)2-5-13(9)28-18-17(27)16(26)15(25)14(8-24)29-18/h2-7,14-18,24-27H,8H2,1H3/t14-,15-,16+,17+,18+/m1/s1. The van der Waals surface area contributed by atoms with Crippen molar-refractivity contribution in [3.63, 3.8) is 0 Å². The Morgan fingerprint density at radius 1 is 1.07 bits per heavy atom. The van der Waals surface area contributed by atoms with Crippen LogP contribution < -0.4 is 4.74 Å². The summed E-state index contributed by atoms with van der Waals surface area (Å²) in [5, 5.41) is 38.9. The molecular weight excluding hydrogens is 395 g/mol. The van der Waals surface area contributed by atoms with Gasteiger partial charge in [-0.15, -0.1) is 0 Å². The van der Waals surface area contributed by atoms with Crippen LogP contribution in [0.2, 0.25) is 0 Å². The van der Waals surface area contributed by atoms with Crippen LogP contribution in [-0.4, -0.2) is 62.7 Å². The second-order valence-corrected chi connectivity index (χ2v) is 6.73. The highest BCUT2D eigenvalue weighted by atomic mass is 19.4. The van der Waals surface area contributed by atoms with Crippen molar-refractivity contribution in [1.29, 1.82) is 0 Å². The number of ether oxygens (including phenoxy) is 2. The van der Waals surface area contributed by atoms with Crippen LogP contribution in [0.1, 0.15) is 11.1 Å². The second kappa shape index (κ2) is 8.25. The zero-order valence-electron chi connectivity index (χ0n) is 15.2. The Hall–Kier alpha value is -2.24. The molecule has 1 saturated heterocycles. The van der Waals surface area contributed by atoms with E-state index in [-0.39, 0.29) is 5.75 Å². The molecule has 3 rings (SSSR count). The minimum absolute atomic E-state index is 0.282. The molecule has 1 aliphatic heterocycles. The highest BCUT2D eigenvalue weighted by Crippen LogP contribution is 2.32. The number of rotatable bonds is 4. The third-order valence-corrected chi connectivity index (χ3v) is 4.65. The minimum Gasteiger partial charge on any atom is -0.462 e. The number of pyridine rings is 1. The topological polar surface area (TPSA) is 112 Å². The van der Waals surface area contributed by atoms with Gasteiger partial charge in [-0.05, 0) is 42.8 Å². The number of halogens is 3. The number of hydrogen-bond donors (Lipinski definition) is 4. The fourth-order valence-electron chi connectivity index (χ4n) is 2.96. The monoisotopic (exact) mass is 415 g/mol. The first-order chi connectivity index (χ1) is 13.6. The largest absolute Gasteiger partial charge is 0.462 e. The lowest BCUT2D eigenvalue weighted by atomic mass is 9.99. The predicted octanol–water partition coefficient (Wildman–Crippen LogP) is 1.25. The van der Waals surface area contributed by atoms with Gasteiger partial charge in [0.25, 0.3) is 0 Å². The van der Waals surface area contributed by atoms with Gasteiger partial charge in [0.2, 0.25) is 6.29 Å². The van der Waals surface area contributed by atoms with E-state index in [0.717, 1.165) is 12.3 Å². The lowest BCUT2D eigenvalue weighted by Crippen LogP contribution is -2.60. The number of aryl methyl sites for hydroxylation is 1. The molecule has 0 saturated carbocycles. The van der Waals surface area contributed by atoms with Crippen LogP contribution in [0.3, 0.4) is 0 Å². The van der Waals surface area contributed by atoms with E-state index in [0.29, 0.717) is 16.8 Å². The van der Waals surface area contributed by atoms with E-state index >= 15 is 0 Å². The minimum atomic E-state index is -4.47. The van der Waals surface area contributed by atoms with Crippen LogP contribution in [0.15, 0.2) is 36.5 Å². The Morgan fingerprint density at radius 3 is 2.34 bits per heavy atom. The van der Waals surface area contributed by atoms with Crippen molar-refractivity contribution >= 4 is 0 Å². The maximum absolute atomic E-state index is 12.7. The zero-order valence-corrected chi connectivity index (χ0v) is 15.2. The van der Waals surface area contributed by atoms with Crippen molar-refractivity contribution in [3.8, 4) is 17.0 Å². The maximum Gasteiger partial charge on any atom is 0.417 e. The number of nitrogens with zero attached hydrogens (tertiary/aromatic N) is 1. The average Bonchev–Trinajstić information content (AvgIpc) is 2.69. The second-order valence-electron chi connectivity index (χ2n) is 6.73. The van der Waals surface area contributed by atoms with E-state index in [1.54, 1.807) is 19.1 Å². The number of aromatic nitrogens is 1. The van der Waals surface area contributed by atoms with Crippen LogP contribution in [0, 0.1) is 6.92 Å². The van der Waals surface area contributed by atoms with Gasteiger partial charge in [-0.2, -0.15) is 13.2 Å². The Kier molecular flexibility index (Phi) is 6.11. The molecule has 0 unspecified atom stereocenters. The molecule has 0 aliphatic carbocycles. The first-order valence-corrected chi connectivity index (χ1v) is 8.73. The number of hydrogen-bond acceptors (Lipinski definition) is 7. The molecule has 7 nitrogen and oxygen atoms in total. The highest BCUT2D eigenvalue weighted by molar-refractivity contribution is 5.62. The van der Waals surface area contributed by atoms with E-state index in [2.05, 4.69) is 4.98 Å². The molecular formula is C19H20F3NO6. The summed E-state index contributed by atoms with van der Waals surface area (Å²) in [5.41, 5.74) is 0.611. The molecule has 1 fully saturated rings. The molecule has 0 spiro atoms. The lowest BCUT2D eigenvalue weighted by Gasteiger charge is -2.39. The van der Waals surface area contributed by atoms with Crippen LogP contribution in [0.4, 0.5) is 13.2 Å². The molecule has 1 aliphatic rings. The van der Waals surface area contributed by atoms with Crippen molar-refractivity contribution in [2.75, 3.05) is 6.61 Å². The van der Waals surface area contributed by atoms with E-state index in [9.17, 15) is 33.6 Å². The van der Waals surface area contributed by atoms with Gasteiger partial charge in [-0.3, -0.25) is 4.98 Å². The predicted molar refractivity (Wildman–Crippen MR) is 93.8 cm³/mol. The van der Waals surface area contributed by atoms with Crippen LogP contribution in [0.25, 0.3) is 11.3 Å². The molecule has 5 atom stereocenters. The highest BCUT2D eigenvalue weighted by Gasteiger charge is 2.44. The normalized spacial score (nSPS) is 27.7. The Balaban J connectivity index is 1.78. The Morgan fingerprint density at radius 2 is 1.79 bits per heavy atom. The van der Waals surface area contributed by atoms with Gasteiger partial charge < -0.3 is 29.9 Å². The molecule has 0 radical (unpaired) electrons. The van der Waals surface area contributed by atoms with Gasteiger partial charge in [-0.25, -0.2) is 0 Å². The smallest absolute Gasteiger partial charge is 0.417 e. The number of benzene rings is 1. The lowest BCUT2D eigenvalue weighted by molar-refractivity contribution is -0.277. The van der Waals surface area contributed by atoms with Crippen LogP contribution in [0.5, 0.6) is 5.75 Å². The first-order valence-electron chi connectivity index (χ1n) is 8.73. The summed E-state index contributed by atoms with van der Waals surface area (Å²) >= 11 is 0. The number of aliphatic hydroxyl groups is 4. The molecule has 158 valence electrons. The van der Waals surface area contributed by atoms with Gasteiger partial charge >= 0.3 is 6.18 Å². The van der Waals surface area contributed by atoms with E-state index < -0.39 is 49.1 Å². The number of aliphatic hydroxyl groups excluding tert-OH is 4. The molecule has 1 aromatic heterocycles. The molecule has 2 heterocycles. The third-order valence-electron chi connectivity index (χ3n) is 4.65. The van der Waals surface area contributed by atoms with Gasteiger partial charge in [0.15, 0.2) is 0 Å². The number of alkyl halides is 3. The van der Waals surface area contributed by atoms with E-state index in [1.807, 2.05) is 0 Å². The zero-order chi connectivity index (χ0) is 21.3. The molecule has 2 aromatic rings. The Bertz CT molecular complexity index is 843. The van der Waals surface area contributed by atoms with Crippen molar-refractivity contribution in [2.24, 2.45) is 0 Å². The molecule has 29 heavy (non-hydrogen) atoms. The summed E-state index contributed by atoms with van der Waals surface area (Å²) in [6.45, 7) is 1.09. The third kappa shape index (κ3) is 4.51. The summed E-state index contributed by atoms with van der Waals surface area (Å²) in [6.07, 6.45) is -10.8. The Labute approximate surface area is 164 Å². The van der Waals surface area contributed by atoms with Crippen molar-refractivity contribution < 1.29 is 43.1 Å². The van der Waals surface area contributed by atoms with Crippen molar-refractivity contribution in [1.82, 2.24) is 4.98 Å². The summed E-state index contributed by atoms with van der Waals surface area (Å²) in [4.78, 5) is 3.84. The fraction of sp³-hybridized carbons (Fsp3) is 0.421. The van der Waals surface area contributed by atoms with Crippen LogP contribution >= 0.6 is 0 Å². The molecule has 10 heteroatoms. The molecule has 4 N–H and O–H groups in total.